The van der Waals surface area contributed by atoms with Crippen LogP contribution in [0.2, 0.25) is 5.02 Å². The molecule has 0 aliphatic carbocycles. The monoisotopic (exact) mass is 360 g/mol. The third-order valence-corrected chi connectivity index (χ3v) is 3.95. The van der Waals surface area contributed by atoms with Crippen molar-refractivity contribution in [3.05, 3.63) is 59.1 Å². The summed E-state index contributed by atoms with van der Waals surface area (Å²) in [4.78, 5) is 23.9. The SMILES string of the molecule is O=C(CNC(=O)c1ccccc1Cl)NCC1COc2ccccc2O1. The molecule has 0 fully saturated rings. The van der Waals surface area contributed by atoms with Gasteiger partial charge in [0.05, 0.1) is 23.7 Å². The summed E-state index contributed by atoms with van der Waals surface area (Å²) in [7, 11) is 0. The van der Waals surface area contributed by atoms with Crippen LogP contribution in [0.25, 0.3) is 0 Å². The zero-order valence-corrected chi connectivity index (χ0v) is 14.1. The number of para-hydroxylation sites is 2. The summed E-state index contributed by atoms with van der Waals surface area (Å²) in [6.07, 6.45) is -0.280. The molecule has 25 heavy (non-hydrogen) atoms. The van der Waals surface area contributed by atoms with E-state index < -0.39 is 5.91 Å². The van der Waals surface area contributed by atoms with Crippen LogP contribution in [0.3, 0.4) is 0 Å². The molecule has 0 saturated carbocycles. The highest BCUT2D eigenvalue weighted by molar-refractivity contribution is 6.33. The fraction of sp³-hybridized carbons (Fsp3) is 0.222. The Balaban J connectivity index is 1.43. The molecule has 2 aromatic carbocycles. The molecule has 0 saturated heterocycles. The smallest absolute Gasteiger partial charge is 0.253 e. The van der Waals surface area contributed by atoms with Crippen LogP contribution in [0.1, 0.15) is 10.4 Å². The van der Waals surface area contributed by atoms with Crippen LogP contribution >= 0.6 is 11.6 Å². The Labute approximate surface area is 150 Å². The molecule has 7 heteroatoms. The standard InChI is InChI=1S/C18H17ClN2O4/c19-14-6-2-1-5-13(14)18(23)21-10-17(22)20-9-12-11-24-15-7-3-4-8-16(15)25-12/h1-8,12H,9-11H2,(H,20,22)(H,21,23). The van der Waals surface area contributed by atoms with E-state index in [2.05, 4.69) is 10.6 Å². The molecule has 2 aromatic rings. The first kappa shape index (κ1) is 17.1. The fourth-order valence-corrected chi connectivity index (χ4v) is 2.58. The number of ether oxygens (including phenoxy) is 2. The maximum atomic E-state index is 12.0. The number of benzene rings is 2. The van der Waals surface area contributed by atoms with Crippen molar-refractivity contribution in [2.24, 2.45) is 0 Å². The predicted molar refractivity (Wildman–Crippen MR) is 93.1 cm³/mol. The second-order valence-corrected chi connectivity index (χ2v) is 5.87. The van der Waals surface area contributed by atoms with Gasteiger partial charge in [0.15, 0.2) is 11.5 Å². The first-order chi connectivity index (χ1) is 12.1. The molecular weight excluding hydrogens is 344 g/mol. The second-order valence-electron chi connectivity index (χ2n) is 5.46. The van der Waals surface area contributed by atoms with Crippen molar-refractivity contribution >= 4 is 23.4 Å². The molecule has 1 aliphatic heterocycles. The third kappa shape index (κ3) is 4.42. The molecule has 0 radical (unpaired) electrons. The van der Waals surface area contributed by atoms with Crippen molar-refractivity contribution in [1.29, 1.82) is 0 Å². The van der Waals surface area contributed by atoms with Crippen molar-refractivity contribution in [2.75, 3.05) is 19.7 Å². The molecule has 3 rings (SSSR count). The first-order valence-corrected chi connectivity index (χ1v) is 8.19. The quantitative estimate of drug-likeness (QED) is 0.855. The summed E-state index contributed by atoms with van der Waals surface area (Å²) in [5.41, 5.74) is 0.331. The maximum absolute atomic E-state index is 12.0. The summed E-state index contributed by atoms with van der Waals surface area (Å²) in [5, 5.41) is 5.59. The van der Waals surface area contributed by atoms with Crippen LogP contribution in [0.4, 0.5) is 0 Å². The number of hydrogen-bond donors (Lipinski definition) is 2. The van der Waals surface area contributed by atoms with Crippen LogP contribution in [0.5, 0.6) is 11.5 Å². The van der Waals surface area contributed by atoms with Gasteiger partial charge >= 0.3 is 0 Å². The van der Waals surface area contributed by atoms with E-state index in [0.29, 0.717) is 28.7 Å². The van der Waals surface area contributed by atoms with Gasteiger partial charge in [-0.15, -0.1) is 0 Å². The summed E-state index contributed by atoms with van der Waals surface area (Å²) < 4.78 is 11.3. The number of hydrogen-bond acceptors (Lipinski definition) is 4. The number of nitrogens with one attached hydrogen (secondary N) is 2. The van der Waals surface area contributed by atoms with E-state index in [1.54, 1.807) is 24.3 Å². The molecule has 1 unspecified atom stereocenters. The van der Waals surface area contributed by atoms with Crippen molar-refractivity contribution in [1.82, 2.24) is 10.6 Å². The predicted octanol–water partition coefficient (Wildman–Crippen LogP) is 2.03. The molecule has 1 heterocycles. The topological polar surface area (TPSA) is 76.7 Å². The Bertz CT molecular complexity index is 781. The highest BCUT2D eigenvalue weighted by atomic mass is 35.5. The number of carbonyl (C=O) groups excluding carboxylic acids is 2. The van der Waals surface area contributed by atoms with Gasteiger partial charge in [0.2, 0.25) is 5.91 Å². The minimum Gasteiger partial charge on any atom is -0.486 e. The van der Waals surface area contributed by atoms with Gasteiger partial charge in [-0.2, -0.15) is 0 Å². The summed E-state index contributed by atoms with van der Waals surface area (Å²) in [6, 6.07) is 14.0. The van der Waals surface area contributed by atoms with E-state index in [-0.39, 0.29) is 25.1 Å². The molecule has 130 valence electrons. The minimum atomic E-state index is -0.396. The molecule has 6 nitrogen and oxygen atoms in total. The van der Waals surface area contributed by atoms with Crippen LogP contribution in [-0.2, 0) is 4.79 Å². The Morgan fingerprint density at radius 3 is 2.56 bits per heavy atom. The van der Waals surface area contributed by atoms with Gasteiger partial charge < -0.3 is 20.1 Å². The van der Waals surface area contributed by atoms with E-state index in [0.717, 1.165) is 0 Å². The van der Waals surface area contributed by atoms with Crippen LogP contribution < -0.4 is 20.1 Å². The lowest BCUT2D eigenvalue weighted by Gasteiger charge is -2.26. The van der Waals surface area contributed by atoms with Gasteiger partial charge in [-0.05, 0) is 24.3 Å². The minimum absolute atomic E-state index is 0.145. The molecule has 2 N–H and O–H groups in total. The average Bonchev–Trinajstić information content (AvgIpc) is 2.64. The lowest BCUT2D eigenvalue weighted by atomic mass is 10.2. The van der Waals surface area contributed by atoms with E-state index in [1.807, 2.05) is 24.3 Å². The van der Waals surface area contributed by atoms with Gasteiger partial charge in [0, 0.05) is 0 Å². The highest BCUT2D eigenvalue weighted by Crippen LogP contribution is 2.30. The van der Waals surface area contributed by atoms with Gasteiger partial charge in [0.25, 0.3) is 5.91 Å². The van der Waals surface area contributed by atoms with Gasteiger partial charge in [0.1, 0.15) is 12.7 Å². The summed E-state index contributed by atoms with van der Waals surface area (Å²) >= 11 is 5.95. The normalized spacial score (nSPS) is 15.3. The summed E-state index contributed by atoms with van der Waals surface area (Å²) in [6.45, 7) is 0.493. The summed E-state index contributed by atoms with van der Waals surface area (Å²) in [5.74, 6) is 0.631. The number of rotatable bonds is 5. The molecule has 2 amide bonds. The molecular formula is C18H17ClN2O4. The molecule has 0 spiro atoms. The molecule has 0 bridgehead atoms. The van der Waals surface area contributed by atoms with Gasteiger partial charge in [-0.25, -0.2) is 0 Å². The number of amides is 2. The first-order valence-electron chi connectivity index (χ1n) is 7.81. The zero-order chi connectivity index (χ0) is 17.6. The number of carbonyl (C=O) groups is 2. The number of halogens is 1. The number of fused-ring (bicyclic) bond motifs is 1. The van der Waals surface area contributed by atoms with E-state index in [4.69, 9.17) is 21.1 Å². The van der Waals surface area contributed by atoms with E-state index >= 15 is 0 Å². The zero-order valence-electron chi connectivity index (χ0n) is 13.3. The van der Waals surface area contributed by atoms with E-state index in [1.165, 1.54) is 0 Å². The van der Waals surface area contributed by atoms with Crippen molar-refractivity contribution in [3.63, 3.8) is 0 Å². The Hall–Kier alpha value is -2.73. The van der Waals surface area contributed by atoms with Crippen LogP contribution in [0, 0.1) is 0 Å². The maximum Gasteiger partial charge on any atom is 0.253 e. The third-order valence-electron chi connectivity index (χ3n) is 3.62. The molecule has 1 aliphatic rings. The Kier molecular flexibility index (Phi) is 5.40. The van der Waals surface area contributed by atoms with Gasteiger partial charge in [-0.3, -0.25) is 9.59 Å². The Morgan fingerprint density at radius 2 is 1.76 bits per heavy atom. The van der Waals surface area contributed by atoms with Gasteiger partial charge in [-0.1, -0.05) is 35.9 Å². The average molecular weight is 361 g/mol. The lowest BCUT2D eigenvalue weighted by Crippen LogP contribution is -2.44. The van der Waals surface area contributed by atoms with Crippen molar-refractivity contribution in [3.8, 4) is 11.5 Å². The lowest BCUT2D eigenvalue weighted by molar-refractivity contribution is -0.120. The molecule has 1 atom stereocenters. The fourth-order valence-electron chi connectivity index (χ4n) is 2.35. The van der Waals surface area contributed by atoms with Crippen molar-refractivity contribution in [2.45, 2.75) is 6.10 Å². The second kappa shape index (κ2) is 7.90. The van der Waals surface area contributed by atoms with Crippen LogP contribution in [0.15, 0.2) is 48.5 Å². The highest BCUT2D eigenvalue weighted by Gasteiger charge is 2.21. The van der Waals surface area contributed by atoms with E-state index in [9.17, 15) is 9.59 Å². The van der Waals surface area contributed by atoms with Crippen molar-refractivity contribution < 1.29 is 19.1 Å². The van der Waals surface area contributed by atoms with Crippen LogP contribution in [-0.4, -0.2) is 37.6 Å². The largest absolute Gasteiger partial charge is 0.486 e. The molecule has 0 aromatic heterocycles. The Morgan fingerprint density at radius 1 is 1.04 bits per heavy atom.